The first-order valence-electron chi connectivity index (χ1n) is 10.5. The fourth-order valence-electron chi connectivity index (χ4n) is 5.21. The van der Waals surface area contributed by atoms with Crippen LogP contribution in [0.1, 0.15) is 49.1 Å². The van der Waals surface area contributed by atoms with E-state index in [1.54, 1.807) is 23.0 Å². The molecule has 160 valence electrons. The van der Waals surface area contributed by atoms with Crippen molar-refractivity contribution in [2.24, 2.45) is 5.41 Å². The number of aromatic nitrogens is 2. The maximum Gasteiger partial charge on any atom is 0.150 e. The van der Waals surface area contributed by atoms with Crippen molar-refractivity contribution in [3.05, 3.63) is 88.8 Å². The first-order valence-corrected chi connectivity index (χ1v) is 10.5. The summed E-state index contributed by atoms with van der Waals surface area (Å²) in [4.78, 5) is 0. The van der Waals surface area contributed by atoms with Crippen LogP contribution >= 0.6 is 0 Å². The Labute approximate surface area is 178 Å². The van der Waals surface area contributed by atoms with Crippen LogP contribution in [0.5, 0.6) is 0 Å². The molecule has 3 aromatic rings. The maximum atomic E-state index is 16.7. The molecule has 3 atom stereocenters. The van der Waals surface area contributed by atoms with E-state index < -0.39 is 23.0 Å². The third kappa shape index (κ3) is 3.04. The summed E-state index contributed by atoms with van der Waals surface area (Å²) in [5.41, 5.74) is 0.966. The van der Waals surface area contributed by atoms with Gasteiger partial charge < -0.3 is 5.11 Å². The summed E-state index contributed by atoms with van der Waals surface area (Å²) in [6, 6.07) is 11.5. The lowest BCUT2D eigenvalue weighted by atomic mass is 9.56. The SMILES string of the molecule is C[C@]12Cc3cnn(-c4ccc(F)cc4)c3C=C1CCC[C@]2(F)[C@@H](O)c1ccc(F)cc1. The summed E-state index contributed by atoms with van der Waals surface area (Å²) in [5, 5.41) is 15.5. The molecule has 1 N–H and O–H groups in total. The predicted octanol–water partition coefficient (Wildman–Crippen LogP) is 5.72. The summed E-state index contributed by atoms with van der Waals surface area (Å²) in [6.07, 6.45) is 4.28. The standard InChI is InChI=1S/C25H23F3N2O/c1-24-14-17-15-29-30(21-10-8-20(27)9-11-21)22(17)13-18(24)3-2-12-25(24,28)23(31)16-4-6-19(26)7-5-16/h4-11,13,15,23,31H,2-3,12,14H2,1H3/t23-,24-,25-/m0/s1. The van der Waals surface area contributed by atoms with E-state index in [1.807, 2.05) is 13.0 Å². The van der Waals surface area contributed by atoms with E-state index in [4.69, 9.17) is 0 Å². The lowest BCUT2D eigenvalue weighted by Gasteiger charge is -2.52. The number of hydrogen-bond donors (Lipinski definition) is 1. The van der Waals surface area contributed by atoms with Crippen molar-refractivity contribution in [1.29, 1.82) is 0 Å². The number of allylic oxidation sites excluding steroid dienone is 1. The zero-order chi connectivity index (χ0) is 21.8. The minimum atomic E-state index is -1.90. The highest BCUT2D eigenvalue weighted by molar-refractivity contribution is 5.62. The molecule has 1 aromatic heterocycles. The van der Waals surface area contributed by atoms with Gasteiger partial charge in [0.25, 0.3) is 0 Å². The van der Waals surface area contributed by atoms with Crippen molar-refractivity contribution in [2.75, 3.05) is 0 Å². The Morgan fingerprint density at radius 1 is 1.03 bits per heavy atom. The zero-order valence-corrected chi connectivity index (χ0v) is 17.2. The summed E-state index contributed by atoms with van der Waals surface area (Å²) in [5.74, 6) is -0.741. The second kappa shape index (κ2) is 7.09. The Bertz CT molecular complexity index is 1150. The summed E-state index contributed by atoms with van der Waals surface area (Å²) in [7, 11) is 0. The molecule has 31 heavy (non-hydrogen) atoms. The Balaban J connectivity index is 1.56. The van der Waals surface area contributed by atoms with Crippen LogP contribution in [0.25, 0.3) is 11.8 Å². The van der Waals surface area contributed by atoms with Gasteiger partial charge in [-0.25, -0.2) is 17.9 Å². The van der Waals surface area contributed by atoms with Crippen molar-refractivity contribution in [3.8, 4) is 5.69 Å². The highest BCUT2D eigenvalue weighted by Crippen LogP contribution is 2.59. The number of aliphatic hydroxyl groups is 1. The molecule has 1 heterocycles. The first-order chi connectivity index (χ1) is 14.8. The fraction of sp³-hybridized carbons (Fsp3) is 0.320. The molecule has 2 aliphatic rings. The van der Waals surface area contributed by atoms with Crippen molar-refractivity contribution in [2.45, 2.75) is 44.4 Å². The zero-order valence-electron chi connectivity index (χ0n) is 17.2. The van der Waals surface area contributed by atoms with Crippen LogP contribution in [-0.4, -0.2) is 20.6 Å². The van der Waals surface area contributed by atoms with Gasteiger partial charge in [0.05, 0.1) is 17.6 Å². The van der Waals surface area contributed by atoms with Crippen LogP contribution in [-0.2, 0) is 6.42 Å². The number of benzene rings is 2. The van der Waals surface area contributed by atoms with Crippen LogP contribution in [0.4, 0.5) is 13.2 Å². The quantitative estimate of drug-likeness (QED) is 0.584. The van der Waals surface area contributed by atoms with Crippen molar-refractivity contribution in [1.82, 2.24) is 9.78 Å². The topological polar surface area (TPSA) is 38.0 Å². The lowest BCUT2D eigenvalue weighted by molar-refractivity contribution is -0.101. The van der Waals surface area contributed by atoms with Crippen LogP contribution in [0, 0.1) is 17.0 Å². The summed E-state index contributed by atoms with van der Waals surface area (Å²) in [6.45, 7) is 1.86. The first kappa shape index (κ1) is 20.1. The molecule has 0 spiro atoms. The van der Waals surface area contributed by atoms with Crippen LogP contribution in [0.3, 0.4) is 0 Å². The molecule has 3 nitrogen and oxygen atoms in total. The van der Waals surface area contributed by atoms with E-state index in [0.29, 0.717) is 18.4 Å². The average Bonchev–Trinajstić information content (AvgIpc) is 3.16. The minimum Gasteiger partial charge on any atom is -0.385 e. The minimum absolute atomic E-state index is 0.223. The number of fused-ring (bicyclic) bond motifs is 2. The molecular formula is C25H23F3N2O. The molecule has 0 aliphatic heterocycles. The lowest BCUT2D eigenvalue weighted by Crippen LogP contribution is -2.53. The largest absolute Gasteiger partial charge is 0.385 e. The summed E-state index contributed by atoms with van der Waals surface area (Å²) >= 11 is 0. The van der Waals surface area contributed by atoms with Crippen LogP contribution in [0.2, 0.25) is 0 Å². The van der Waals surface area contributed by atoms with Gasteiger partial charge in [-0.2, -0.15) is 5.10 Å². The van der Waals surface area contributed by atoms with Gasteiger partial charge in [-0.1, -0.05) is 24.6 Å². The number of hydrogen-bond acceptors (Lipinski definition) is 2. The van der Waals surface area contributed by atoms with Crippen LogP contribution in [0.15, 0.2) is 60.3 Å². The number of nitrogens with zero attached hydrogens (tertiary/aromatic N) is 2. The molecule has 1 saturated carbocycles. The monoisotopic (exact) mass is 424 g/mol. The van der Waals surface area contributed by atoms with Gasteiger partial charge in [0, 0.05) is 5.41 Å². The average molecular weight is 424 g/mol. The van der Waals surface area contributed by atoms with Crippen LogP contribution < -0.4 is 0 Å². The molecule has 2 aromatic carbocycles. The van der Waals surface area contributed by atoms with Gasteiger partial charge in [-0.3, -0.25) is 0 Å². The second-order valence-corrected chi connectivity index (χ2v) is 8.79. The molecule has 5 rings (SSSR count). The van der Waals surface area contributed by atoms with E-state index in [0.717, 1.165) is 28.9 Å². The number of alkyl halides is 1. The van der Waals surface area contributed by atoms with Crippen molar-refractivity contribution in [3.63, 3.8) is 0 Å². The van der Waals surface area contributed by atoms with Gasteiger partial charge in [0.2, 0.25) is 0 Å². The van der Waals surface area contributed by atoms with Gasteiger partial charge >= 0.3 is 0 Å². The Morgan fingerprint density at radius 2 is 1.68 bits per heavy atom. The molecule has 0 radical (unpaired) electrons. The Morgan fingerprint density at radius 3 is 2.35 bits per heavy atom. The van der Waals surface area contributed by atoms with Crippen molar-refractivity contribution < 1.29 is 18.3 Å². The molecule has 0 amide bonds. The molecule has 0 unspecified atom stereocenters. The number of aliphatic hydroxyl groups excluding tert-OH is 1. The van der Waals surface area contributed by atoms with Gasteiger partial charge in [0.15, 0.2) is 0 Å². The number of halogens is 3. The van der Waals surface area contributed by atoms with E-state index in [2.05, 4.69) is 5.10 Å². The predicted molar refractivity (Wildman–Crippen MR) is 112 cm³/mol. The maximum absolute atomic E-state index is 16.7. The third-order valence-corrected chi connectivity index (χ3v) is 7.04. The highest BCUT2D eigenvalue weighted by atomic mass is 19.1. The van der Waals surface area contributed by atoms with Gasteiger partial charge in [-0.05, 0) is 79.3 Å². The smallest absolute Gasteiger partial charge is 0.150 e. The van der Waals surface area contributed by atoms with E-state index in [-0.39, 0.29) is 12.2 Å². The van der Waals surface area contributed by atoms with E-state index in [9.17, 15) is 13.9 Å². The van der Waals surface area contributed by atoms with E-state index in [1.165, 1.54) is 36.4 Å². The third-order valence-electron chi connectivity index (χ3n) is 7.04. The number of rotatable bonds is 3. The second-order valence-electron chi connectivity index (χ2n) is 8.79. The molecule has 0 bridgehead atoms. The van der Waals surface area contributed by atoms with E-state index >= 15 is 4.39 Å². The summed E-state index contributed by atoms with van der Waals surface area (Å²) < 4.78 is 45.1. The Kier molecular flexibility index (Phi) is 4.59. The Hall–Kier alpha value is -2.86. The molecule has 0 saturated heterocycles. The van der Waals surface area contributed by atoms with Gasteiger partial charge in [0.1, 0.15) is 23.4 Å². The van der Waals surface area contributed by atoms with Gasteiger partial charge in [-0.15, -0.1) is 0 Å². The molecule has 1 fully saturated rings. The van der Waals surface area contributed by atoms with Crippen molar-refractivity contribution >= 4 is 6.08 Å². The normalized spacial score (nSPS) is 26.0. The fourth-order valence-corrected chi connectivity index (χ4v) is 5.21. The molecule has 2 aliphatic carbocycles. The molecule has 6 heteroatoms. The molecular weight excluding hydrogens is 401 g/mol. The highest BCUT2D eigenvalue weighted by Gasteiger charge is 2.58.